The van der Waals surface area contributed by atoms with Gasteiger partial charge in [-0.3, -0.25) is 4.79 Å². The van der Waals surface area contributed by atoms with Gasteiger partial charge in [-0.25, -0.2) is 8.78 Å². The van der Waals surface area contributed by atoms with Crippen molar-refractivity contribution in [1.29, 1.82) is 0 Å². The molecule has 0 aliphatic carbocycles. The van der Waals surface area contributed by atoms with Crippen LogP contribution < -0.4 is 4.74 Å². The fourth-order valence-electron chi connectivity index (χ4n) is 1.50. The molecule has 0 bridgehead atoms. The van der Waals surface area contributed by atoms with Crippen molar-refractivity contribution in [1.82, 2.24) is 0 Å². The molecule has 2 rings (SSSR count). The van der Waals surface area contributed by atoms with Gasteiger partial charge in [0.05, 0.1) is 5.56 Å². The van der Waals surface area contributed by atoms with E-state index in [0.717, 1.165) is 0 Å². The quantitative estimate of drug-likeness (QED) is 0.794. The Kier molecular flexibility index (Phi) is 4.27. The number of carbonyl (C=O) groups is 1. The summed E-state index contributed by atoms with van der Waals surface area (Å²) in [6.45, 7) is -0.422. The summed E-state index contributed by atoms with van der Waals surface area (Å²) < 4.78 is 32.4. The van der Waals surface area contributed by atoms with Crippen LogP contribution in [0.4, 0.5) is 8.78 Å². The standard InChI is InChI=1S/C14H9BrF2O2/c15-9-5-6-12(17)14(7-9)19-8-13(18)10-3-1-2-4-11(10)16/h1-7H,8H2. The molecule has 0 amide bonds. The van der Waals surface area contributed by atoms with Crippen LogP contribution in [0.15, 0.2) is 46.9 Å². The molecule has 5 heteroatoms. The van der Waals surface area contributed by atoms with Gasteiger partial charge in [0, 0.05) is 4.47 Å². The number of halogens is 3. The van der Waals surface area contributed by atoms with E-state index < -0.39 is 24.0 Å². The Hall–Kier alpha value is -1.75. The first-order valence-electron chi connectivity index (χ1n) is 5.43. The van der Waals surface area contributed by atoms with Crippen molar-refractivity contribution in [3.63, 3.8) is 0 Å². The van der Waals surface area contributed by atoms with Gasteiger partial charge in [-0.1, -0.05) is 28.1 Å². The molecule has 0 aliphatic rings. The van der Waals surface area contributed by atoms with E-state index in [0.29, 0.717) is 4.47 Å². The summed E-state index contributed by atoms with van der Waals surface area (Å²) in [5.41, 5.74) is -0.0714. The van der Waals surface area contributed by atoms with Crippen LogP contribution >= 0.6 is 15.9 Å². The number of benzene rings is 2. The van der Waals surface area contributed by atoms with Gasteiger partial charge >= 0.3 is 0 Å². The van der Waals surface area contributed by atoms with E-state index in [9.17, 15) is 13.6 Å². The lowest BCUT2D eigenvalue weighted by Crippen LogP contribution is -2.13. The van der Waals surface area contributed by atoms with Crippen molar-refractivity contribution in [2.24, 2.45) is 0 Å². The van der Waals surface area contributed by atoms with Crippen molar-refractivity contribution >= 4 is 21.7 Å². The van der Waals surface area contributed by atoms with Crippen molar-refractivity contribution in [3.05, 3.63) is 64.1 Å². The summed E-state index contributed by atoms with van der Waals surface area (Å²) in [6, 6.07) is 9.72. The maximum atomic E-state index is 13.4. The Morgan fingerprint density at radius 2 is 1.84 bits per heavy atom. The predicted octanol–water partition coefficient (Wildman–Crippen LogP) is 3.99. The molecule has 0 aromatic heterocycles. The van der Waals surface area contributed by atoms with Crippen LogP contribution in [0.5, 0.6) is 5.75 Å². The number of hydrogen-bond donors (Lipinski definition) is 0. The fourth-order valence-corrected chi connectivity index (χ4v) is 1.84. The van der Waals surface area contributed by atoms with E-state index in [-0.39, 0.29) is 11.3 Å². The minimum atomic E-state index is -0.620. The molecule has 0 saturated heterocycles. The second kappa shape index (κ2) is 5.93. The smallest absolute Gasteiger partial charge is 0.203 e. The first-order chi connectivity index (χ1) is 9.08. The topological polar surface area (TPSA) is 26.3 Å². The third kappa shape index (κ3) is 3.38. The van der Waals surface area contributed by atoms with E-state index >= 15 is 0 Å². The van der Waals surface area contributed by atoms with Crippen LogP contribution in [-0.2, 0) is 0 Å². The average molecular weight is 327 g/mol. The molecule has 0 heterocycles. The highest BCUT2D eigenvalue weighted by molar-refractivity contribution is 9.10. The van der Waals surface area contributed by atoms with Gasteiger partial charge in [0.25, 0.3) is 0 Å². The Balaban J connectivity index is 2.09. The van der Waals surface area contributed by atoms with Crippen molar-refractivity contribution in [2.45, 2.75) is 0 Å². The molecular formula is C14H9BrF2O2. The molecule has 0 radical (unpaired) electrons. The van der Waals surface area contributed by atoms with E-state index in [1.54, 1.807) is 6.07 Å². The molecule has 0 fully saturated rings. The predicted molar refractivity (Wildman–Crippen MR) is 70.3 cm³/mol. The van der Waals surface area contributed by atoms with Crippen LogP contribution in [0.2, 0.25) is 0 Å². The van der Waals surface area contributed by atoms with Gasteiger partial charge in [0.1, 0.15) is 5.82 Å². The molecule has 19 heavy (non-hydrogen) atoms. The second-order valence-electron chi connectivity index (χ2n) is 3.77. The minimum Gasteiger partial charge on any atom is -0.482 e. The Morgan fingerprint density at radius 1 is 1.11 bits per heavy atom. The summed E-state index contributed by atoms with van der Waals surface area (Å²) in [6.07, 6.45) is 0. The van der Waals surface area contributed by atoms with Gasteiger partial charge in [0.15, 0.2) is 18.2 Å². The van der Waals surface area contributed by atoms with Crippen LogP contribution in [-0.4, -0.2) is 12.4 Å². The molecule has 0 spiro atoms. The molecule has 2 aromatic rings. The van der Waals surface area contributed by atoms with Crippen LogP contribution in [0.3, 0.4) is 0 Å². The molecule has 0 unspecified atom stereocenters. The first kappa shape index (κ1) is 13.7. The second-order valence-corrected chi connectivity index (χ2v) is 4.68. The molecular weight excluding hydrogens is 318 g/mol. The first-order valence-corrected chi connectivity index (χ1v) is 6.23. The highest BCUT2D eigenvalue weighted by atomic mass is 79.9. The van der Waals surface area contributed by atoms with Gasteiger partial charge in [-0.15, -0.1) is 0 Å². The molecule has 0 saturated carbocycles. The number of ether oxygens (including phenoxy) is 1. The zero-order valence-electron chi connectivity index (χ0n) is 9.70. The van der Waals surface area contributed by atoms with Gasteiger partial charge in [0.2, 0.25) is 5.78 Å². The third-order valence-corrected chi connectivity index (χ3v) is 2.92. The Morgan fingerprint density at radius 3 is 2.58 bits per heavy atom. The maximum absolute atomic E-state index is 13.4. The van der Waals surface area contributed by atoms with Gasteiger partial charge in [-0.2, -0.15) is 0 Å². The summed E-state index contributed by atoms with van der Waals surface area (Å²) in [4.78, 5) is 11.7. The largest absolute Gasteiger partial charge is 0.482 e. The van der Waals surface area contributed by atoms with Crippen LogP contribution in [0, 0.1) is 11.6 Å². The summed E-state index contributed by atoms with van der Waals surface area (Å²) in [7, 11) is 0. The average Bonchev–Trinajstić information content (AvgIpc) is 2.40. The fraction of sp³-hybridized carbons (Fsp3) is 0.0714. The summed E-state index contributed by atoms with van der Waals surface area (Å²) >= 11 is 3.17. The SMILES string of the molecule is O=C(COc1cc(Br)ccc1F)c1ccccc1F. The lowest BCUT2D eigenvalue weighted by atomic mass is 10.1. The lowest BCUT2D eigenvalue weighted by Gasteiger charge is -2.07. The molecule has 2 nitrogen and oxygen atoms in total. The maximum Gasteiger partial charge on any atom is 0.203 e. The van der Waals surface area contributed by atoms with Crippen molar-refractivity contribution in [2.75, 3.05) is 6.61 Å². The number of carbonyl (C=O) groups excluding carboxylic acids is 1. The number of hydrogen-bond acceptors (Lipinski definition) is 2. The summed E-state index contributed by atoms with van der Waals surface area (Å²) in [5, 5.41) is 0. The van der Waals surface area contributed by atoms with Crippen molar-refractivity contribution in [3.8, 4) is 5.75 Å². The highest BCUT2D eigenvalue weighted by Gasteiger charge is 2.13. The minimum absolute atomic E-state index is 0.0564. The normalized spacial score (nSPS) is 10.3. The zero-order valence-corrected chi connectivity index (χ0v) is 11.3. The Bertz CT molecular complexity index is 614. The number of ketones is 1. The lowest BCUT2D eigenvalue weighted by molar-refractivity contribution is 0.0914. The molecule has 0 aliphatic heterocycles. The van der Waals surface area contributed by atoms with E-state index in [2.05, 4.69) is 15.9 Å². The van der Waals surface area contributed by atoms with Crippen LogP contribution in [0.1, 0.15) is 10.4 Å². The summed E-state index contributed by atoms with van der Waals surface area (Å²) in [5.74, 6) is -1.80. The monoisotopic (exact) mass is 326 g/mol. The third-order valence-electron chi connectivity index (χ3n) is 2.43. The van der Waals surface area contributed by atoms with E-state index in [1.807, 2.05) is 0 Å². The molecule has 0 atom stereocenters. The zero-order chi connectivity index (χ0) is 13.8. The van der Waals surface area contributed by atoms with Gasteiger partial charge < -0.3 is 4.74 Å². The highest BCUT2D eigenvalue weighted by Crippen LogP contribution is 2.22. The number of Topliss-reactive ketones (excluding diaryl/α,β-unsaturated/α-hetero) is 1. The van der Waals surface area contributed by atoms with Crippen molar-refractivity contribution < 1.29 is 18.3 Å². The molecule has 2 aromatic carbocycles. The number of rotatable bonds is 4. The Labute approximate surface area is 117 Å². The van der Waals surface area contributed by atoms with Gasteiger partial charge in [-0.05, 0) is 30.3 Å². The van der Waals surface area contributed by atoms with E-state index in [1.165, 1.54) is 36.4 Å². The molecule has 0 N–H and O–H groups in total. The molecule has 98 valence electrons. The van der Waals surface area contributed by atoms with Crippen LogP contribution in [0.25, 0.3) is 0 Å². The van der Waals surface area contributed by atoms with E-state index in [4.69, 9.17) is 4.74 Å².